The van der Waals surface area contributed by atoms with E-state index in [2.05, 4.69) is 9.89 Å². The molecule has 11 heteroatoms. The molecule has 0 atom stereocenters. The standard InChI is InChI=1S/C21H47N10O/c1-25(2)19(26(3)4)22-12-15-31(16-13-23-20(27(5)6)28(7)8)17-14-24-21(29(9)10)30(11)18-32/h12-18H2,1-11H3/q-1. The molecule has 0 aromatic heterocycles. The Balaban J connectivity index is 5.29. The first-order chi connectivity index (χ1) is 14.9. The van der Waals surface area contributed by atoms with Gasteiger partial charge in [-0.1, -0.05) is 6.73 Å². The van der Waals surface area contributed by atoms with Gasteiger partial charge < -0.3 is 34.5 Å². The zero-order chi connectivity index (χ0) is 24.8. The Kier molecular flexibility index (Phi) is 14.4. The van der Waals surface area contributed by atoms with Crippen LogP contribution in [0.15, 0.2) is 15.0 Å². The average Bonchev–Trinajstić information content (AvgIpc) is 2.68. The minimum absolute atomic E-state index is 0.320. The molecule has 0 aromatic rings. The van der Waals surface area contributed by atoms with Gasteiger partial charge in [-0.15, -0.1) is 0 Å². The lowest BCUT2D eigenvalue weighted by Crippen LogP contribution is -2.43. The largest absolute Gasteiger partial charge is 0.839 e. The zero-order valence-electron chi connectivity index (χ0n) is 22.3. The second kappa shape index (κ2) is 15.5. The Morgan fingerprint density at radius 1 is 0.500 bits per heavy atom. The van der Waals surface area contributed by atoms with Crippen LogP contribution in [0.1, 0.15) is 0 Å². The predicted molar refractivity (Wildman–Crippen MR) is 134 cm³/mol. The van der Waals surface area contributed by atoms with E-state index in [9.17, 15) is 5.11 Å². The Morgan fingerprint density at radius 2 is 0.781 bits per heavy atom. The van der Waals surface area contributed by atoms with E-state index >= 15 is 0 Å². The van der Waals surface area contributed by atoms with Gasteiger partial charge in [-0.2, -0.15) is 0 Å². The summed E-state index contributed by atoms with van der Waals surface area (Å²) in [4.78, 5) is 28.0. The molecule has 32 heavy (non-hydrogen) atoms. The molecule has 0 amide bonds. The first kappa shape index (κ1) is 29.7. The van der Waals surface area contributed by atoms with Gasteiger partial charge in [-0.3, -0.25) is 19.9 Å². The molecular weight excluding hydrogens is 408 g/mol. The molecule has 0 unspecified atom stereocenters. The van der Waals surface area contributed by atoms with E-state index in [1.54, 1.807) is 11.9 Å². The van der Waals surface area contributed by atoms with Gasteiger partial charge in [0.2, 0.25) is 0 Å². The minimum Gasteiger partial charge on any atom is -0.839 e. The van der Waals surface area contributed by atoms with E-state index in [1.807, 2.05) is 95.0 Å². The van der Waals surface area contributed by atoms with E-state index in [1.165, 1.54) is 0 Å². The Labute approximate surface area is 196 Å². The average molecular weight is 456 g/mol. The molecule has 0 rings (SSSR count). The van der Waals surface area contributed by atoms with Crippen LogP contribution in [-0.2, 0) is 0 Å². The maximum atomic E-state index is 11.3. The van der Waals surface area contributed by atoms with Gasteiger partial charge in [0, 0.05) is 97.2 Å². The van der Waals surface area contributed by atoms with Crippen LogP contribution in [0.2, 0.25) is 0 Å². The second-order valence-electron chi connectivity index (χ2n) is 8.69. The third-order valence-corrected chi connectivity index (χ3v) is 4.54. The third kappa shape index (κ3) is 11.4. The van der Waals surface area contributed by atoms with Crippen LogP contribution in [0.4, 0.5) is 0 Å². The monoisotopic (exact) mass is 455 g/mol. The van der Waals surface area contributed by atoms with E-state index in [0.717, 1.165) is 31.6 Å². The molecule has 0 radical (unpaired) electrons. The molecule has 0 heterocycles. The van der Waals surface area contributed by atoms with Gasteiger partial charge in [0.15, 0.2) is 17.9 Å². The fraction of sp³-hybridized carbons (Fsp3) is 0.857. The van der Waals surface area contributed by atoms with E-state index < -0.39 is 0 Å². The highest BCUT2D eigenvalue weighted by Crippen LogP contribution is 1.97. The van der Waals surface area contributed by atoms with Crippen molar-refractivity contribution in [3.8, 4) is 0 Å². The zero-order valence-corrected chi connectivity index (χ0v) is 22.3. The number of nitrogens with zero attached hydrogens (tertiary/aromatic N) is 10. The lowest BCUT2D eigenvalue weighted by Gasteiger charge is -2.29. The van der Waals surface area contributed by atoms with Gasteiger partial charge in [0.1, 0.15) is 0 Å². The first-order valence-electron chi connectivity index (χ1n) is 10.9. The van der Waals surface area contributed by atoms with Crippen molar-refractivity contribution in [1.29, 1.82) is 0 Å². The van der Waals surface area contributed by atoms with Crippen LogP contribution in [-0.4, -0.2) is 176 Å². The van der Waals surface area contributed by atoms with E-state index in [0.29, 0.717) is 25.6 Å². The van der Waals surface area contributed by atoms with Crippen molar-refractivity contribution in [3.05, 3.63) is 0 Å². The summed E-state index contributed by atoms with van der Waals surface area (Å²) in [6, 6.07) is 0. The summed E-state index contributed by atoms with van der Waals surface area (Å²) in [5, 5.41) is 11.3. The highest BCUT2D eigenvalue weighted by atomic mass is 16.3. The van der Waals surface area contributed by atoms with Gasteiger partial charge in [-0.25, -0.2) is 0 Å². The van der Waals surface area contributed by atoms with Crippen LogP contribution in [0.5, 0.6) is 0 Å². The second-order valence-corrected chi connectivity index (χ2v) is 8.69. The summed E-state index contributed by atoms with van der Waals surface area (Å²) in [6.07, 6.45) is 0. The summed E-state index contributed by atoms with van der Waals surface area (Å²) < 4.78 is 0. The molecule has 0 N–H and O–H groups in total. The maximum Gasteiger partial charge on any atom is 0.195 e. The Bertz CT molecular complexity index is 545. The summed E-state index contributed by atoms with van der Waals surface area (Å²) >= 11 is 0. The van der Waals surface area contributed by atoms with Crippen LogP contribution in [0, 0.1) is 0 Å². The van der Waals surface area contributed by atoms with Crippen molar-refractivity contribution in [2.75, 3.05) is 124 Å². The van der Waals surface area contributed by atoms with Crippen molar-refractivity contribution in [1.82, 2.24) is 34.3 Å². The van der Waals surface area contributed by atoms with Gasteiger partial charge in [-0.05, 0) is 0 Å². The highest BCUT2D eigenvalue weighted by Gasteiger charge is 2.10. The molecule has 11 nitrogen and oxygen atoms in total. The molecule has 0 fully saturated rings. The van der Waals surface area contributed by atoms with Crippen molar-refractivity contribution in [2.24, 2.45) is 15.0 Å². The van der Waals surface area contributed by atoms with Crippen LogP contribution >= 0.6 is 0 Å². The first-order valence-corrected chi connectivity index (χ1v) is 10.9. The van der Waals surface area contributed by atoms with Crippen molar-refractivity contribution >= 4 is 17.9 Å². The summed E-state index contributed by atoms with van der Waals surface area (Å²) in [6.45, 7) is 4.05. The number of aliphatic imine (C=N–C) groups is 3. The normalized spacial score (nSPS) is 11.2. The molecule has 188 valence electrons. The van der Waals surface area contributed by atoms with Crippen LogP contribution in [0.25, 0.3) is 0 Å². The van der Waals surface area contributed by atoms with Crippen molar-refractivity contribution in [2.45, 2.75) is 0 Å². The van der Waals surface area contributed by atoms with Gasteiger partial charge in [0.25, 0.3) is 0 Å². The van der Waals surface area contributed by atoms with Crippen LogP contribution in [0.3, 0.4) is 0 Å². The summed E-state index contributed by atoms with van der Waals surface area (Å²) in [5.41, 5.74) is 0. The predicted octanol–water partition coefficient (Wildman–Crippen LogP) is -1.59. The fourth-order valence-corrected chi connectivity index (χ4v) is 3.24. The molecule has 0 aromatic carbocycles. The lowest BCUT2D eigenvalue weighted by atomic mass is 10.4. The number of rotatable bonds is 10. The van der Waals surface area contributed by atoms with E-state index in [4.69, 9.17) is 9.98 Å². The lowest BCUT2D eigenvalue weighted by molar-refractivity contribution is -0.391. The Morgan fingerprint density at radius 3 is 1.03 bits per heavy atom. The topological polar surface area (TPSA) is 82.8 Å². The highest BCUT2D eigenvalue weighted by molar-refractivity contribution is 5.80. The molecular formula is C21H47N10O-. The van der Waals surface area contributed by atoms with Crippen molar-refractivity contribution < 1.29 is 5.11 Å². The maximum absolute atomic E-state index is 11.3. The smallest absolute Gasteiger partial charge is 0.195 e. The molecule has 0 aliphatic rings. The molecule has 0 saturated carbocycles. The number of guanidine groups is 3. The van der Waals surface area contributed by atoms with Gasteiger partial charge in [0.05, 0.1) is 19.6 Å². The van der Waals surface area contributed by atoms with E-state index in [-0.39, 0.29) is 6.73 Å². The minimum atomic E-state index is -0.320. The number of hydrogen-bond donors (Lipinski definition) is 0. The molecule has 0 aliphatic heterocycles. The summed E-state index contributed by atoms with van der Waals surface area (Å²) in [5.74, 6) is 2.58. The molecule has 0 spiro atoms. The SMILES string of the molecule is CN(C)C(=NCCN(CCN=C(N(C)C)N(C)C)CCN=C(N(C)C)N(C)C[O-])N(C)C. The van der Waals surface area contributed by atoms with Crippen molar-refractivity contribution in [3.63, 3.8) is 0 Å². The number of hydrogen-bond acceptors (Lipinski definition) is 5. The Hall–Kier alpha value is -2.27. The summed E-state index contributed by atoms with van der Waals surface area (Å²) in [7, 11) is 21.6. The fourth-order valence-electron chi connectivity index (χ4n) is 3.24. The molecule has 0 aliphatic carbocycles. The molecule has 0 saturated heterocycles. The molecule has 0 bridgehead atoms. The third-order valence-electron chi connectivity index (χ3n) is 4.54. The van der Waals surface area contributed by atoms with Crippen LogP contribution < -0.4 is 5.11 Å². The quantitative estimate of drug-likeness (QED) is 0.222. The van der Waals surface area contributed by atoms with Gasteiger partial charge >= 0.3 is 0 Å².